The van der Waals surface area contributed by atoms with Crippen LogP contribution in [0.1, 0.15) is 37.8 Å². The first kappa shape index (κ1) is 22.2. The van der Waals surface area contributed by atoms with Gasteiger partial charge in [-0.2, -0.15) is 0 Å². The molecular formula is C19H23FN4O5. The summed E-state index contributed by atoms with van der Waals surface area (Å²) in [6, 6.07) is 2.37. The zero-order valence-corrected chi connectivity index (χ0v) is 16.0. The Hall–Kier alpha value is -3.14. The van der Waals surface area contributed by atoms with Gasteiger partial charge in [0.2, 0.25) is 11.8 Å². The molecule has 1 atom stereocenters. The molecule has 0 saturated carbocycles. The molecule has 1 unspecified atom stereocenters. The summed E-state index contributed by atoms with van der Waals surface area (Å²) >= 11 is 0. The molecule has 4 N–H and O–H groups in total. The van der Waals surface area contributed by atoms with Gasteiger partial charge in [-0.1, -0.05) is 0 Å². The van der Waals surface area contributed by atoms with Gasteiger partial charge >= 0.3 is 5.97 Å². The SMILES string of the molecule is COCC1CCC(C(=O)O)=C(NC(=O)CCC(=O)NC(=N)c2ccc(F)cn2)C1. The molecule has 0 fully saturated rings. The second-order valence-corrected chi connectivity index (χ2v) is 6.66. The van der Waals surface area contributed by atoms with Crippen LogP contribution in [0.2, 0.25) is 0 Å². The summed E-state index contributed by atoms with van der Waals surface area (Å²) < 4.78 is 18.0. The van der Waals surface area contributed by atoms with Crippen molar-refractivity contribution in [1.29, 1.82) is 5.41 Å². The number of carboxylic acid groups (broad SMARTS) is 1. The summed E-state index contributed by atoms with van der Waals surface area (Å²) in [6.45, 7) is 0.466. The van der Waals surface area contributed by atoms with Gasteiger partial charge in [0, 0.05) is 32.3 Å². The quantitative estimate of drug-likeness (QED) is 0.379. The Morgan fingerprint density at radius 3 is 2.66 bits per heavy atom. The van der Waals surface area contributed by atoms with Crippen molar-refractivity contribution in [2.24, 2.45) is 5.92 Å². The first-order valence-electron chi connectivity index (χ1n) is 9.04. The number of amides is 2. The number of rotatable bonds is 8. The molecule has 1 aliphatic rings. The number of methoxy groups -OCH3 is 1. The number of hydrogen-bond acceptors (Lipinski definition) is 6. The van der Waals surface area contributed by atoms with E-state index in [2.05, 4.69) is 15.6 Å². The van der Waals surface area contributed by atoms with E-state index in [4.69, 9.17) is 10.1 Å². The van der Waals surface area contributed by atoms with Crippen LogP contribution < -0.4 is 10.6 Å². The Morgan fingerprint density at radius 1 is 1.31 bits per heavy atom. The molecule has 0 spiro atoms. The van der Waals surface area contributed by atoms with Gasteiger partial charge < -0.3 is 20.5 Å². The largest absolute Gasteiger partial charge is 0.478 e. The van der Waals surface area contributed by atoms with Crippen molar-refractivity contribution in [3.8, 4) is 0 Å². The lowest BCUT2D eigenvalue weighted by atomic mass is 9.87. The minimum absolute atomic E-state index is 0.0897. The lowest BCUT2D eigenvalue weighted by molar-refractivity contribution is -0.133. The lowest BCUT2D eigenvalue weighted by Gasteiger charge is -2.25. The minimum Gasteiger partial charge on any atom is -0.478 e. The highest BCUT2D eigenvalue weighted by Crippen LogP contribution is 2.28. The number of carbonyl (C=O) groups excluding carboxylic acids is 2. The molecule has 1 aromatic rings. The van der Waals surface area contributed by atoms with Gasteiger partial charge in [0.15, 0.2) is 5.84 Å². The van der Waals surface area contributed by atoms with Crippen LogP contribution in [0.25, 0.3) is 0 Å². The third-order valence-corrected chi connectivity index (χ3v) is 4.44. The van der Waals surface area contributed by atoms with Crippen LogP contribution in [0.5, 0.6) is 0 Å². The zero-order valence-electron chi connectivity index (χ0n) is 16.0. The molecule has 0 radical (unpaired) electrons. The Bertz CT molecular complexity index is 822. The van der Waals surface area contributed by atoms with Gasteiger partial charge in [-0.25, -0.2) is 14.2 Å². The number of carboxylic acids is 1. The number of hydrogen-bond donors (Lipinski definition) is 4. The van der Waals surface area contributed by atoms with Gasteiger partial charge in [-0.15, -0.1) is 0 Å². The third kappa shape index (κ3) is 6.75. The summed E-state index contributed by atoms with van der Waals surface area (Å²) in [7, 11) is 1.56. The summed E-state index contributed by atoms with van der Waals surface area (Å²) in [5.74, 6) is -2.89. The molecule has 0 saturated heterocycles. The maximum atomic E-state index is 12.8. The van der Waals surface area contributed by atoms with Crippen molar-refractivity contribution >= 4 is 23.6 Å². The van der Waals surface area contributed by atoms with E-state index in [0.29, 0.717) is 31.6 Å². The van der Waals surface area contributed by atoms with Crippen molar-refractivity contribution in [3.63, 3.8) is 0 Å². The second-order valence-electron chi connectivity index (χ2n) is 6.66. The number of carbonyl (C=O) groups is 3. The Kier molecular flexibility index (Phi) is 7.96. The van der Waals surface area contributed by atoms with Gasteiger partial charge in [-0.3, -0.25) is 15.0 Å². The smallest absolute Gasteiger partial charge is 0.333 e. The number of pyridine rings is 1. The van der Waals surface area contributed by atoms with Crippen LogP contribution in [0.3, 0.4) is 0 Å². The fourth-order valence-corrected chi connectivity index (χ4v) is 3.00. The number of ether oxygens (including phenoxy) is 1. The summed E-state index contributed by atoms with van der Waals surface area (Å²) in [6.07, 6.45) is 1.93. The number of aliphatic carboxylic acids is 1. The molecule has 10 heteroatoms. The minimum atomic E-state index is -1.07. The predicted octanol–water partition coefficient (Wildman–Crippen LogP) is 1.34. The number of aromatic nitrogens is 1. The highest BCUT2D eigenvalue weighted by atomic mass is 19.1. The predicted molar refractivity (Wildman–Crippen MR) is 100 cm³/mol. The highest BCUT2D eigenvalue weighted by Gasteiger charge is 2.26. The van der Waals surface area contributed by atoms with Crippen LogP contribution in [0.15, 0.2) is 29.6 Å². The molecule has 1 aliphatic carbocycles. The van der Waals surface area contributed by atoms with Crippen LogP contribution in [0.4, 0.5) is 4.39 Å². The van der Waals surface area contributed by atoms with Crippen molar-refractivity contribution in [3.05, 3.63) is 41.1 Å². The van der Waals surface area contributed by atoms with E-state index in [9.17, 15) is 23.9 Å². The van der Waals surface area contributed by atoms with Gasteiger partial charge in [-0.05, 0) is 37.3 Å². The average molecular weight is 406 g/mol. The Balaban J connectivity index is 1.87. The van der Waals surface area contributed by atoms with Gasteiger partial charge in [0.25, 0.3) is 0 Å². The van der Waals surface area contributed by atoms with E-state index in [0.717, 1.165) is 12.3 Å². The second kappa shape index (κ2) is 10.4. The molecule has 0 bridgehead atoms. The monoisotopic (exact) mass is 406 g/mol. The van der Waals surface area contributed by atoms with Crippen LogP contribution in [-0.2, 0) is 19.1 Å². The Morgan fingerprint density at radius 2 is 2.03 bits per heavy atom. The zero-order chi connectivity index (χ0) is 21.4. The van der Waals surface area contributed by atoms with E-state index in [1.807, 2.05) is 0 Å². The molecule has 1 heterocycles. The fraction of sp³-hybridized carbons (Fsp3) is 0.421. The van der Waals surface area contributed by atoms with Crippen molar-refractivity contribution in [1.82, 2.24) is 15.6 Å². The lowest BCUT2D eigenvalue weighted by Crippen LogP contribution is -2.34. The van der Waals surface area contributed by atoms with Crippen molar-refractivity contribution in [2.75, 3.05) is 13.7 Å². The van der Waals surface area contributed by atoms with E-state index in [1.54, 1.807) is 7.11 Å². The molecule has 1 aromatic heterocycles. The molecule has 0 aromatic carbocycles. The van der Waals surface area contributed by atoms with Crippen LogP contribution in [-0.4, -0.2) is 47.4 Å². The van der Waals surface area contributed by atoms with E-state index >= 15 is 0 Å². The molecule has 156 valence electrons. The summed E-state index contributed by atoms with van der Waals surface area (Å²) in [5.41, 5.74) is 0.602. The summed E-state index contributed by atoms with van der Waals surface area (Å²) in [5, 5.41) is 22.0. The molecule has 9 nitrogen and oxygen atoms in total. The normalized spacial score (nSPS) is 16.3. The number of allylic oxidation sites excluding steroid dienone is 1. The van der Waals surface area contributed by atoms with Crippen molar-refractivity contribution in [2.45, 2.75) is 32.1 Å². The topological polar surface area (TPSA) is 141 Å². The summed E-state index contributed by atoms with van der Waals surface area (Å²) in [4.78, 5) is 39.2. The van der Waals surface area contributed by atoms with Crippen LogP contribution in [0, 0.1) is 17.1 Å². The molecular weight excluding hydrogens is 383 g/mol. The van der Waals surface area contributed by atoms with Crippen molar-refractivity contribution < 1.29 is 28.6 Å². The van der Waals surface area contributed by atoms with Gasteiger partial charge in [0.1, 0.15) is 11.5 Å². The fourth-order valence-electron chi connectivity index (χ4n) is 3.00. The standard InChI is InChI=1S/C19H23FN4O5/c1-29-10-11-2-4-13(19(27)28)15(8-11)23-16(25)6-7-17(26)24-18(21)14-5-3-12(20)9-22-14/h3,5,9,11H,2,4,6-8,10H2,1H3,(H,23,25)(H,27,28)(H2,21,24,26). The Labute approximate surface area is 166 Å². The number of halogens is 1. The van der Waals surface area contributed by atoms with E-state index in [1.165, 1.54) is 6.07 Å². The number of nitrogens with zero attached hydrogens (tertiary/aromatic N) is 1. The van der Waals surface area contributed by atoms with E-state index < -0.39 is 23.6 Å². The third-order valence-electron chi connectivity index (χ3n) is 4.44. The average Bonchev–Trinajstić information content (AvgIpc) is 2.67. The van der Waals surface area contributed by atoms with Gasteiger partial charge in [0.05, 0.1) is 11.8 Å². The molecule has 2 amide bonds. The maximum absolute atomic E-state index is 12.8. The van der Waals surface area contributed by atoms with E-state index in [-0.39, 0.29) is 35.9 Å². The maximum Gasteiger partial charge on any atom is 0.333 e. The molecule has 29 heavy (non-hydrogen) atoms. The number of nitrogens with one attached hydrogen (secondary N) is 3. The first-order valence-corrected chi connectivity index (χ1v) is 9.04. The first-order chi connectivity index (χ1) is 13.8. The van der Waals surface area contributed by atoms with Crippen LogP contribution >= 0.6 is 0 Å². The highest BCUT2D eigenvalue weighted by molar-refractivity contribution is 6.05. The number of amidine groups is 1. The molecule has 2 rings (SSSR count). The molecule has 0 aliphatic heterocycles.